The summed E-state index contributed by atoms with van der Waals surface area (Å²) in [4.78, 5) is 12.4. The number of carbonyl (C=O) groups excluding carboxylic acids is 1. The van der Waals surface area contributed by atoms with Crippen LogP contribution in [-0.2, 0) is 0 Å². The lowest BCUT2D eigenvalue weighted by atomic mass is 9.95. The lowest BCUT2D eigenvalue weighted by molar-refractivity contribution is 0.103. The number of benzene rings is 2. The molecule has 0 aliphatic heterocycles. The minimum Gasteiger partial charge on any atom is -0.289 e. The Balaban J connectivity index is 2.57. The van der Waals surface area contributed by atoms with E-state index in [4.69, 9.17) is 12.8 Å². The van der Waals surface area contributed by atoms with E-state index >= 15 is 0 Å². The standard InChI is InChI=1S/C17H10O/c1-3-13-9-5-7-11-15(13)17(18)16-12-8-6-10-14(16)4-2/h1-2,5-12H. The van der Waals surface area contributed by atoms with Crippen molar-refractivity contribution < 1.29 is 4.79 Å². The molecule has 2 rings (SSSR count). The molecule has 0 aliphatic carbocycles. The molecule has 0 saturated heterocycles. The van der Waals surface area contributed by atoms with E-state index in [2.05, 4.69) is 11.8 Å². The van der Waals surface area contributed by atoms with Gasteiger partial charge in [0.15, 0.2) is 5.78 Å². The summed E-state index contributed by atoms with van der Waals surface area (Å²) in [6.07, 6.45) is 10.8. The second-order valence-corrected chi connectivity index (χ2v) is 3.71. The van der Waals surface area contributed by atoms with Gasteiger partial charge in [0, 0.05) is 22.3 Å². The van der Waals surface area contributed by atoms with Crippen molar-refractivity contribution in [3.63, 3.8) is 0 Å². The van der Waals surface area contributed by atoms with Crippen molar-refractivity contribution in [2.45, 2.75) is 0 Å². The Kier molecular flexibility index (Phi) is 3.28. The Morgan fingerprint density at radius 1 is 0.778 bits per heavy atom. The third-order valence-electron chi connectivity index (χ3n) is 2.65. The molecule has 1 heteroatoms. The molecule has 0 radical (unpaired) electrons. The molecule has 0 fully saturated rings. The van der Waals surface area contributed by atoms with Crippen LogP contribution in [-0.4, -0.2) is 5.78 Å². The molecule has 0 amide bonds. The molecule has 0 bridgehead atoms. The van der Waals surface area contributed by atoms with Gasteiger partial charge in [0.1, 0.15) is 0 Å². The molecule has 0 saturated carbocycles. The van der Waals surface area contributed by atoms with E-state index in [1.807, 2.05) is 0 Å². The predicted octanol–water partition coefficient (Wildman–Crippen LogP) is 2.88. The highest BCUT2D eigenvalue weighted by Gasteiger charge is 2.14. The lowest BCUT2D eigenvalue weighted by Gasteiger charge is -2.05. The van der Waals surface area contributed by atoms with E-state index in [1.54, 1.807) is 48.5 Å². The molecule has 0 unspecified atom stereocenters. The molecule has 0 spiro atoms. The molecule has 0 heterocycles. The van der Waals surface area contributed by atoms with Gasteiger partial charge in [-0.05, 0) is 24.3 Å². The van der Waals surface area contributed by atoms with Crippen LogP contribution in [0.1, 0.15) is 27.0 Å². The Morgan fingerprint density at radius 3 is 1.56 bits per heavy atom. The SMILES string of the molecule is C#Cc1ccccc1C(=O)c1ccccc1C#C. The Bertz CT molecular complexity index is 622. The van der Waals surface area contributed by atoms with Crippen LogP contribution in [0.3, 0.4) is 0 Å². The fraction of sp³-hybridized carbons (Fsp3) is 0. The maximum absolute atomic E-state index is 12.4. The zero-order chi connectivity index (χ0) is 13.0. The fourth-order valence-corrected chi connectivity index (χ4v) is 1.76. The highest BCUT2D eigenvalue weighted by atomic mass is 16.1. The maximum atomic E-state index is 12.4. The Hall–Kier alpha value is -2.77. The highest BCUT2D eigenvalue weighted by Crippen LogP contribution is 2.16. The normalized spacial score (nSPS) is 9.22. The van der Waals surface area contributed by atoms with Crippen LogP contribution in [0.4, 0.5) is 0 Å². The van der Waals surface area contributed by atoms with Gasteiger partial charge in [0.25, 0.3) is 0 Å². The highest BCUT2D eigenvalue weighted by molar-refractivity contribution is 6.11. The largest absolute Gasteiger partial charge is 0.289 e. The first kappa shape index (κ1) is 11.7. The number of carbonyl (C=O) groups is 1. The van der Waals surface area contributed by atoms with Crippen LogP contribution in [0.25, 0.3) is 0 Å². The summed E-state index contributed by atoms with van der Waals surface area (Å²) in [6, 6.07) is 14.1. The van der Waals surface area contributed by atoms with Crippen molar-refractivity contribution in [3.05, 3.63) is 70.8 Å². The molecule has 2 aromatic carbocycles. The van der Waals surface area contributed by atoms with Gasteiger partial charge >= 0.3 is 0 Å². The van der Waals surface area contributed by atoms with Crippen molar-refractivity contribution in [2.75, 3.05) is 0 Å². The van der Waals surface area contributed by atoms with Crippen LogP contribution in [0.15, 0.2) is 48.5 Å². The molecular weight excluding hydrogens is 220 g/mol. The van der Waals surface area contributed by atoms with E-state index in [1.165, 1.54) is 0 Å². The third-order valence-corrected chi connectivity index (χ3v) is 2.65. The summed E-state index contributed by atoms with van der Waals surface area (Å²) in [6.45, 7) is 0. The number of ketones is 1. The number of hydrogen-bond donors (Lipinski definition) is 0. The third kappa shape index (κ3) is 2.03. The van der Waals surface area contributed by atoms with Gasteiger partial charge in [0.05, 0.1) is 0 Å². The first-order valence-corrected chi connectivity index (χ1v) is 5.44. The molecule has 84 valence electrons. The molecule has 0 aromatic heterocycles. The van der Waals surface area contributed by atoms with Crippen LogP contribution >= 0.6 is 0 Å². The zero-order valence-electron chi connectivity index (χ0n) is 9.68. The summed E-state index contributed by atoms with van der Waals surface area (Å²) in [5.41, 5.74) is 2.16. The number of hydrogen-bond acceptors (Lipinski definition) is 1. The van der Waals surface area contributed by atoms with E-state index in [9.17, 15) is 4.79 Å². The predicted molar refractivity (Wildman–Crippen MR) is 72.2 cm³/mol. The zero-order valence-corrected chi connectivity index (χ0v) is 9.68. The van der Waals surface area contributed by atoms with Crippen molar-refractivity contribution >= 4 is 5.78 Å². The van der Waals surface area contributed by atoms with Crippen molar-refractivity contribution in [2.24, 2.45) is 0 Å². The fourth-order valence-electron chi connectivity index (χ4n) is 1.76. The first-order chi connectivity index (χ1) is 8.77. The van der Waals surface area contributed by atoms with Gasteiger partial charge in [-0.25, -0.2) is 0 Å². The summed E-state index contributed by atoms with van der Waals surface area (Å²) in [5.74, 6) is 4.88. The van der Waals surface area contributed by atoms with Gasteiger partial charge in [-0.2, -0.15) is 0 Å². The summed E-state index contributed by atoms with van der Waals surface area (Å²) >= 11 is 0. The molecule has 0 N–H and O–H groups in total. The molecule has 0 aliphatic rings. The van der Waals surface area contributed by atoms with Gasteiger partial charge in [0.2, 0.25) is 0 Å². The average Bonchev–Trinajstić information content (AvgIpc) is 2.46. The first-order valence-electron chi connectivity index (χ1n) is 5.44. The number of terminal acetylenes is 2. The topological polar surface area (TPSA) is 17.1 Å². The van der Waals surface area contributed by atoms with Crippen LogP contribution in [0.5, 0.6) is 0 Å². The molecular formula is C17H10O. The molecule has 1 nitrogen and oxygen atoms in total. The summed E-state index contributed by atoms with van der Waals surface area (Å²) in [5, 5.41) is 0. The van der Waals surface area contributed by atoms with Crippen molar-refractivity contribution in [1.82, 2.24) is 0 Å². The molecule has 2 aromatic rings. The smallest absolute Gasteiger partial charge is 0.195 e. The Morgan fingerprint density at radius 2 is 1.17 bits per heavy atom. The van der Waals surface area contributed by atoms with E-state index < -0.39 is 0 Å². The van der Waals surface area contributed by atoms with E-state index in [-0.39, 0.29) is 5.78 Å². The van der Waals surface area contributed by atoms with Crippen LogP contribution < -0.4 is 0 Å². The van der Waals surface area contributed by atoms with Crippen molar-refractivity contribution in [1.29, 1.82) is 0 Å². The summed E-state index contributed by atoms with van der Waals surface area (Å²) in [7, 11) is 0. The minimum atomic E-state index is -0.142. The minimum absolute atomic E-state index is 0.142. The lowest BCUT2D eigenvalue weighted by Crippen LogP contribution is -2.06. The maximum Gasteiger partial charge on any atom is 0.195 e. The molecule has 18 heavy (non-hydrogen) atoms. The summed E-state index contributed by atoms with van der Waals surface area (Å²) < 4.78 is 0. The van der Waals surface area contributed by atoms with E-state index in [0.29, 0.717) is 22.3 Å². The van der Waals surface area contributed by atoms with Crippen LogP contribution in [0.2, 0.25) is 0 Å². The van der Waals surface area contributed by atoms with Gasteiger partial charge in [-0.1, -0.05) is 36.1 Å². The quantitative estimate of drug-likeness (QED) is 0.572. The van der Waals surface area contributed by atoms with Gasteiger partial charge in [-0.15, -0.1) is 12.8 Å². The van der Waals surface area contributed by atoms with E-state index in [0.717, 1.165) is 0 Å². The van der Waals surface area contributed by atoms with Gasteiger partial charge in [-0.3, -0.25) is 4.79 Å². The number of rotatable bonds is 2. The van der Waals surface area contributed by atoms with Crippen molar-refractivity contribution in [3.8, 4) is 24.7 Å². The Labute approximate surface area is 106 Å². The molecule has 0 atom stereocenters. The monoisotopic (exact) mass is 230 g/mol. The average molecular weight is 230 g/mol. The second kappa shape index (κ2) is 5.04. The second-order valence-electron chi connectivity index (χ2n) is 3.71. The van der Waals surface area contributed by atoms with Crippen LogP contribution in [0, 0.1) is 24.7 Å². The van der Waals surface area contributed by atoms with Gasteiger partial charge < -0.3 is 0 Å².